The molecule has 0 saturated heterocycles. The fourth-order valence-corrected chi connectivity index (χ4v) is 5.50. The zero-order valence-corrected chi connectivity index (χ0v) is 24.1. The van der Waals surface area contributed by atoms with Crippen LogP contribution in [0.15, 0.2) is 91.1 Å². The molecule has 3 aromatic carbocycles. The molecule has 3 aromatic heterocycles. The molecule has 7 rings (SSSR count). The molecule has 9 nitrogen and oxygen atoms in total. The number of pyridine rings is 2. The van der Waals surface area contributed by atoms with E-state index in [9.17, 15) is 14.7 Å². The van der Waals surface area contributed by atoms with Crippen LogP contribution in [0, 0.1) is 6.92 Å². The van der Waals surface area contributed by atoms with Gasteiger partial charge in [0.05, 0.1) is 16.8 Å². The van der Waals surface area contributed by atoms with Crippen molar-refractivity contribution in [2.24, 2.45) is 5.73 Å². The van der Waals surface area contributed by atoms with Crippen molar-refractivity contribution in [2.75, 3.05) is 5.73 Å². The van der Waals surface area contributed by atoms with E-state index in [4.69, 9.17) is 21.4 Å². The van der Waals surface area contributed by atoms with Crippen molar-refractivity contribution in [1.29, 1.82) is 0 Å². The Morgan fingerprint density at radius 3 is 2.48 bits per heavy atom. The molecule has 1 aliphatic carbocycles. The number of anilines is 1. The number of hydrogen-bond acceptors (Lipinski definition) is 7. The molecular formula is C35H30N6O3. The molecular weight excluding hydrogens is 552 g/mol. The maximum absolute atomic E-state index is 10.8. The molecule has 5 N–H and O–H groups in total. The Morgan fingerprint density at radius 2 is 1.73 bits per heavy atom. The number of hydrogen-bond donors (Lipinski definition) is 3. The minimum Gasteiger partial charge on any atom is -0.507 e. The van der Waals surface area contributed by atoms with Crippen LogP contribution in [0.25, 0.3) is 39.5 Å². The molecule has 0 aliphatic heterocycles. The van der Waals surface area contributed by atoms with Crippen molar-refractivity contribution >= 4 is 29.2 Å². The maximum atomic E-state index is 10.8. The average Bonchev–Trinajstić information content (AvgIpc) is 3.67. The summed E-state index contributed by atoms with van der Waals surface area (Å²) >= 11 is 0. The van der Waals surface area contributed by atoms with E-state index in [0.29, 0.717) is 17.7 Å². The first kappa shape index (κ1) is 28.3. The number of aromatic nitrogens is 4. The summed E-state index contributed by atoms with van der Waals surface area (Å²) in [7, 11) is 0. The van der Waals surface area contributed by atoms with Crippen molar-refractivity contribution < 1.29 is 14.7 Å². The summed E-state index contributed by atoms with van der Waals surface area (Å²) in [5.41, 5.74) is 20.4. The lowest BCUT2D eigenvalue weighted by Gasteiger charge is -2.12. The van der Waals surface area contributed by atoms with Crippen LogP contribution in [0.3, 0.4) is 0 Å². The molecule has 0 bridgehead atoms. The number of phenolic OH excluding ortho intramolecular Hbond substituents is 1. The predicted molar refractivity (Wildman–Crippen MR) is 171 cm³/mol. The van der Waals surface area contributed by atoms with Crippen LogP contribution in [0.5, 0.6) is 5.75 Å². The number of carbonyl (C=O) groups is 2. The molecule has 1 amide bonds. The Morgan fingerprint density at radius 1 is 0.932 bits per heavy atom. The van der Waals surface area contributed by atoms with Gasteiger partial charge in [0.2, 0.25) is 5.91 Å². The minimum atomic E-state index is -0.619. The topological polar surface area (TPSA) is 150 Å². The molecule has 1 aliphatic rings. The first-order valence-electron chi connectivity index (χ1n) is 14.2. The summed E-state index contributed by atoms with van der Waals surface area (Å²) in [5, 5.41) is 9.32. The lowest BCUT2D eigenvalue weighted by atomic mass is 10.1. The van der Waals surface area contributed by atoms with Gasteiger partial charge in [0.25, 0.3) is 0 Å². The third-order valence-electron chi connectivity index (χ3n) is 7.74. The number of nitrogens with zero attached hydrogens (tertiary/aromatic N) is 4. The van der Waals surface area contributed by atoms with Gasteiger partial charge in [-0.3, -0.25) is 14.2 Å². The van der Waals surface area contributed by atoms with E-state index in [1.54, 1.807) is 13.1 Å². The summed E-state index contributed by atoms with van der Waals surface area (Å²) in [6, 6.07) is 27.5. The number of phenols is 1. The van der Waals surface area contributed by atoms with E-state index in [0.717, 1.165) is 52.3 Å². The van der Waals surface area contributed by atoms with Crippen LogP contribution < -0.4 is 11.5 Å². The van der Waals surface area contributed by atoms with Gasteiger partial charge >= 0.3 is 0 Å². The van der Waals surface area contributed by atoms with E-state index in [2.05, 4.69) is 39.9 Å². The van der Waals surface area contributed by atoms with E-state index < -0.39 is 5.91 Å². The van der Waals surface area contributed by atoms with Crippen LogP contribution in [-0.2, 0) is 12.8 Å². The second kappa shape index (κ2) is 11.8. The van der Waals surface area contributed by atoms with Crippen LogP contribution in [0.2, 0.25) is 0 Å². The summed E-state index contributed by atoms with van der Waals surface area (Å²) in [4.78, 5) is 35.4. The normalized spacial score (nSPS) is 11.9. The molecule has 0 radical (unpaired) electrons. The largest absolute Gasteiger partial charge is 0.507 e. The standard InChI is InChI=1S/C26H21N5.C9H9NO3/c27-24-21(10-5-15-28-24)25-30-23-14-13-22(18-6-2-1-3-7-18)29-26(23)31(25)20-12-11-17-8-4-9-19(17)16-20;1-5-2-6(9(10)13)3-7(4-11)8(5)12/h1-3,5-7,10-16H,4,8-9H2,(H2,27,28);2-4,12H,1H3,(H2,10,13). The third kappa shape index (κ3) is 5.38. The highest BCUT2D eigenvalue weighted by atomic mass is 16.3. The lowest BCUT2D eigenvalue weighted by Crippen LogP contribution is -2.11. The van der Waals surface area contributed by atoms with Gasteiger partial charge < -0.3 is 16.6 Å². The number of rotatable bonds is 5. The fraction of sp³-hybridized carbons (Fsp3) is 0.114. The quantitative estimate of drug-likeness (QED) is 0.216. The smallest absolute Gasteiger partial charge is 0.248 e. The van der Waals surface area contributed by atoms with Crippen molar-refractivity contribution in [3.8, 4) is 34.1 Å². The number of aryl methyl sites for hydroxylation is 3. The van der Waals surface area contributed by atoms with Gasteiger partial charge in [0.1, 0.15) is 17.1 Å². The van der Waals surface area contributed by atoms with Crippen LogP contribution in [0.4, 0.5) is 5.82 Å². The van der Waals surface area contributed by atoms with Crippen molar-refractivity contribution in [3.63, 3.8) is 0 Å². The summed E-state index contributed by atoms with van der Waals surface area (Å²) in [6.45, 7) is 1.59. The number of aromatic hydroxyl groups is 1. The summed E-state index contributed by atoms with van der Waals surface area (Å²) < 4.78 is 2.12. The monoisotopic (exact) mass is 582 g/mol. The highest BCUT2D eigenvalue weighted by Gasteiger charge is 2.20. The number of carbonyl (C=O) groups excluding carboxylic acids is 2. The number of nitrogen functional groups attached to an aromatic ring is 1. The Labute approximate surface area is 253 Å². The molecule has 3 heterocycles. The highest BCUT2D eigenvalue weighted by molar-refractivity contribution is 5.95. The van der Waals surface area contributed by atoms with Gasteiger partial charge in [-0.1, -0.05) is 36.4 Å². The lowest BCUT2D eigenvalue weighted by molar-refractivity contribution is 0.1000. The predicted octanol–water partition coefficient (Wildman–Crippen LogP) is 5.83. The molecule has 6 aromatic rings. The zero-order chi connectivity index (χ0) is 30.8. The number of primary amides is 1. The zero-order valence-electron chi connectivity index (χ0n) is 24.1. The maximum Gasteiger partial charge on any atom is 0.248 e. The van der Waals surface area contributed by atoms with Crippen LogP contribution >= 0.6 is 0 Å². The molecule has 0 saturated carbocycles. The Kier molecular flexibility index (Phi) is 7.59. The average molecular weight is 583 g/mol. The SMILES string of the molecule is Cc1cc(C(N)=O)cc(C=O)c1O.Nc1ncccc1-c1nc2ccc(-c3ccccc3)nc2n1-c1ccc2c(c1)CCC2. The summed E-state index contributed by atoms with van der Waals surface area (Å²) in [5.74, 6) is 0.492. The summed E-state index contributed by atoms with van der Waals surface area (Å²) in [6.07, 6.45) is 5.66. The van der Waals surface area contributed by atoms with Crippen molar-refractivity contribution in [3.05, 3.63) is 119 Å². The third-order valence-corrected chi connectivity index (χ3v) is 7.74. The first-order chi connectivity index (χ1) is 21.3. The Bertz CT molecular complexity index is 2030. The molecule has 0 spiro atoms. The molecule has 9 heteroatoms. The van der Waals surface area contributed by atoms with E-state index in [1.165, 1.54) is 29.7 Å². The minimum absolute atomic E-state index is 0.0776. The van der Waals surface area contributed by atoms with Gasteiger partial charge in [-0.25, -0.2) is 15.0 Å². The van der Waals surface area contributed by atoms with Gasteiger partial charge in [-0.05, 0) is 91.4 Å². The molecule has 218 valence electrons. The number of benzene rings is 3. The van der Waals surface area contributed by atoms with E-state index >= 15 is 0 Å². The molecule has 0 unspecified atom stereocenters. The highest BCUT2D eigenvalue weighted by Crippen LogP contribution is 2.33. The van der Waals surface area contributed by atoms with Gasteiger partial charge in [0.15, 0.2) is 17.8 Å². The second-order valence-corrected chi connectivity index (χ2v) is 10.6. The molecule has 0 fully saturated rings. The van der Waals surface area contributed by atoms with E-state index in [1.807, 2.05) is 42.5 Å². The van der Waals surface area contributed by atoms with Gasteiger partial charge in [0, 0.05) is 23.0 Å². The fourth-order valence-electron chi connectivity index (χ4n) is 5.50. The van der Waals surface area contributed by atoms with Crippen LogP contribution in [0.1, 0.15) is 43.8 Å². The number of fused-ring (bicyclic) bond motifs is 2. The van der Waals surface area contributed by atoms with Crippen molar-refractivity contribution in [1.82, 2.24) is 19.5 Å². The Hall–Kier alpha value is -5.83. The van der Waals surface area contributed by atoms with Crippen molar-refractivity contribution in [2.45, 2.75) is 26.2 Å². The second-order valence-electron chi connectivity index (χ2n) is 10.6. The number of imidazole rings is 1. The molecule has 0 atom stereocenters. The number of aldehydes is 1. The van der Waals surface area contributed by atoms with Gasteiger partial charge in [-0.2, -0.15) is 0 Å². The van der Waals surface area contributed by atoms with Crippen LogP contribution in [-0.4, -0.2) is 36.8 Å². The van der Waals surface area contributed by atoms with E-state index in [-0.39, 0.29) is 16.9 Å². The Balaban J connectivity index is 0.000000223. The number of amides is 1. The van der Waals surface area contributed by atoms with Gasteiger partial charge in [-0.15, -0.1) is 0 Å². The molecule has 44 heavy (non-hydrogen) atoms. The first-order valence-corrected chi connectivity index (χ1v) is 14.2. The number of nitrogens with two attached hydrogens (primary N) is 2.